The van der Waals surface area contributed by atoms with Crippen LogP contribution in [-0.2, 0) is 20.8 Å². The fourth-order valence-corrected chi connectivity index (χ4v) is 1.13. The van der Waals surface area contributed by atoms with E-state index in [1.54, 1.807) is 18.3 Å². The molecule has 0 amide bonds. The predicted molar refractivity (Wildman–Crippen MR) is 58.2 cm³/mol. The third-order valence-corrected chi connectivity index (χ3v) is 1.89. The minimum atomic E-state index is -0.437. The summed E-state index contributed by atoms with van der Waals surface area (Å²) in [4.78, 5) is 22.6. The van der Waals surface area contributed by atoms with Gasteiger partial charge in [-0.05, 0) is 13.0 Å². The van der Waals surface area contributed by atoms with Crippen molar-refractivity contribution in [3.8, 4) is 0 Å². The number of pyridine rings is 1. The number of ether oxygens (including phenoxy) is 2. The molecule has 1 aromatic rings. The fourth-order valence-electron chi connectivity index (χ4n) is 1.13. The zero-order chi connectivity index (χ0) is 11.8. The van der Waals surface area contributed by atoms with Crippen LogP contribution in [0.1, 0.15) is 6.92 Å². The van der Waals surface area contributed by atoms with E-state index in [9.17, 15) is 9.59 Å². The van der Waals surface area contributed by atoms with Crippen molar-refractivity contribution in [2.75, 3.05) is 19.8 Å². The molecule has 1 heterocycles. The molecule has 1 aromatic heterocycles. The monoisotopic (exact) mass is 225 g/mol. The quantitative estimate of drug-likeness (QED) is 0.520. The van der Waals surface area contributed by atoms with Crippen molar-refractivity contribution in [3.63, 3.8) is 0 Å². The minimum absolute atomic E-state index is 0.0637. The third-order valence-electron chi connectivity index (χ3n) is 1.89. The zero-order valence-electron chi connectivity index (χ0n) is 9.22. The van der Waals surface area contributed by atoms with Crippen LogP contribution in [0.4, 0.5) is 0 Å². The Balaban J connectivity index is 2.35. The number of carbonyl (C=O) groups is 1. The van der Waals surface area contributed by atoms with Crippen LogP contribution in [0, 0.1) is 0 Å². The molecule has 0 spiro atoms. The lowest BCUT2D eigenvalue weighted by Gasteiger charge is -2.06. The highest BCUT2D eigenvalue weighted by Crippen LogP contribution is 1.87. The summed E-state index contributed by atoms with van der Waals surface area (Å²) in [6.45, 7) is 2.99. The van der Waals surface area contributed by atoms with Crippen LogP contribution in [0.15, 0.2) is 29.2 Å². The molecule has 0 fully saturated rings. The molecule has 0 aliphatic heterocycles. The van der Waals surface area contributed by atoms with Gasteiger partial charge in [0.25, 0.3) is 5.56 Å². The molecule has 0 saturated carbocycles. The Bertz CT molecular complexity index is 386. The largest absolute Gasteiger partial charge is 0.462 e. The molecule has 0 aliphatic carbocycles. The van der Waals surface area contributed by atoms with E-state index in [4.69, 9.17) is 9.47 Å². The first-order valence-corrected chi connectivity index (χ1v) is 5.13. The van der Waals surface area contributed by atoms with Crippen LogP contribution in [0.5, 0.6) is 0 Å². The maximum Gasteiger partial charge on any atom is 0.326 e. The summed E-state index contributed by atoms with van der Waals surface area (Å²) in [6.07, 6.45) is 1.55. The SMILES string of the molecule is CCOCCOC(=O)Cn1ccccc1=O. The van der Waals surface area contributed by atoms with E-state index in [1.807, 2.05) is 6.92 Å². The summed E-state index contributed by atoms with van der Waals surface area (Å²) in [5.74, 6) is -0.437. The molecular weight excluding hydrogens is 210 g/mol. The molecule has 5 heteroatoms. The maximum atomic E-state index is 11.3. The van der Waals surface area contributed by atoms with Crippen LogP contribution < -0.4 is 5.56 Å². The van der Waals surface area contributed by atoms with E-state index in [0.29, 0.717) is 13.2 Å². The average Bonchev–Trinajstić information content (AvgIpc) is 2.28. The van der Waals surface area contributed by atoms with Crippen molar-refractivity contribution in [2.24, 2.45) is 0 Å². The second-order valence-corrected chi connectivity index (χ2v) is 3.08. The smallest absolute Gasteiger partial charge is 0.326 e. The lowest BCUT2D eigenvalue weighted by atomic mass is 10.4. The summed E-state index contributed by atoms with van der Waals surface area (Å²) in [7, 11) is 0. The van der Waals surface area contributed by atoms with Crippen LogP contribution in [-0.4, -0.2) is 30.4 Å². The van der Waals surface area contributed by atoms with Crippen molar-refractivity contribution < 1.29 is 14.3 Å². The highest BCUT2D eigenvalue weighted by atomic mass is 16.6. The van der Waals surface area contributed by atoms with E-state index < -0.39 is 5.97 Å². The Morgan fingerprint density at radius 1 is 1.38 bits per heavy atom. The van der Waals surface area contributed by atoms with E-state index in [-0.39, 0.29) is 18.7 Å². The Kier molecular flexibility index (Phi) is 5.28. The Morgan fingerprint density at radius 2 is 2.19 bits per heavy atom. The summed E-state index contributed by atoms with van der Waals surface area (Å²) >= 11 is 0. The summed E-state index contributed by atoms with van der Waals surface area (Å²) in [6, 6.07) is 4.71. The van der Waals surface area contributed by atoms with Gasteiger partial charge in [-0.2, -0.15) is 0 Å². The number of nitrogens with zero attached hydrogens (tertiary/aromatic N) is 1. The fraction of sp³-hybridized carbons (Fsp3) is 0.455. The first-order valence-electron chi connectivity index (χ1n) is 5.13. The Labute approximate surface area is 93.6 Å². The topological polar surface area (TPSA) is 57.5 Å². The van der Waals surface area contributed by atoms with E-state index >= 15 is 0 Å². The van der Waals surface area contributed by atoms with Crippen molar-refractivity contribution in [1.82, 2.24) is 4.57 Å². The minimum Gasteiger partial charge on any atom is -0.462 e. The Hall–Kier alpha value is -1.62. The standard InChI is InChI=1S/C11H15NO4/c1-2-15-7-8-16-11(14)9-12-6-4-3-5-10(12)13/h3-6H,2,7-9H2,1H3. The number of carbonyl (C=O) groups excluding carboxylic acids is 1. The van der Waals surface area contributed by atoms with Crippen molar-refractivity contribution in [1.29, 1.82) is 0 Å². The molecule has 1 rings (SSSR count). The van der Waals surface area contributed by atoms with Gasteiger partial charge >= 0.3 is 5.97 Å². The highest BCUT2D eigenvalue weighted by molar-refractivity contribution is 5.69. The number of aromatic nitrogens is 1. The molecule has 16 heavy (non-hydrogen) atoms. The molecule has 0 saturated heterocycles. The lowest BCUT2D eigenvalue weighted by Crippen LogP contribution is -2.24. The second-order valence-electron chi connectivity index (χ2n) is 3.08. The van der Waals surface area contributed by atoms with Gasteiger partial charge in [0, 0.05) is 18.9 Å². The second kappa shape index (κ2) is 6.79. The number of esters is 1. The van der Waals surface area contributed by atoms with Gasteiger partial charge in [-0.25, -0.2) is 0 Å². The zero-order valence-corrected chi connectivity index (χ0v) is 9.22. The summed E-state index contributed by atoms with van der Waals surface area (Å²) in [5, 5.41) is 0. The molecule has 0 aliphatic rings. The van der Waals surface area contributed by atoms with Crippen LogP contribution in [0.25, 0.3) is 0 Å². The molecule has 0 atom stereocenters. The van der Waals surface area contributed by atoms with E-state index in [0.717, 1.165) is 0 Å². The van der Waals surface area contributed by atoms with Gasteiger partial charge in [0.2, 0.25) is 0 Å². The van der Waals surface area contributed by atoms with E-state index in [1.165, 1.54) is 10.6 Å². The van der Waals surface area contributed by atoms with Crippen LogP contribution in [0.2, 0.25) is 0 Å². The molecule has 0 radical (unpaired) electrons. The molecule has 0 aromatic carbocycles. The number of hydrogen-bond acceptors (Lipinski definition) is 4. The molecule has 0 N–H and O–H groups in total. The summed E-state index contributed by atoms with van der Waals surface area (Å²) < 4.78 is 11.2. The lowest BCUT2D eigenvalue weighted by molar-refractivity contribution is -0.145. The van der Waals surface area contributed by atoms with Gasteiger partial charge in [0.1, 0.15) is 13.2 Å². The van der Waals surface area contributed by atoms with Gasteiger partial charge in [0.05, 0.1) is 6.61 Å². The van der Waals surface area contributed by atoms with Gasteiger partial charge in [-0.15, -0.1) is 0 Å². The highest BCUT2D eigenvalue weighted by Gasteiger charge is 2.04. The van der Waals surface area contributed by atoms with Gasteiger partial charge in [0.15, 0.2) is 0 Å². The first-order chi connectivity index (χ1) is 7.74. The van der Waals surface area contributed by atoms with Crippen molar-refractivity contribution in [3.05, 3.63) is 34.7 Å². The van der Waals surface area contributed by atoms with E-state index in [2.05, 4.69) is 0 Å². The van der Waals surface area contributed by atoms with Crippen molar-refractivity contribution in [2.45, 2.75) is 13.5 Å². The normalized spacial score (nSPS) is 10.1. The third kappa shape index (κ3) is 4.27. The molecule has 5 nitrogen and oxygen atoms in total. The molecule has 0 bridgehead atoms. The Morgan fingerprint density at radius 3 is 2.88 bits per heavy atom. The summed E-state index contributed by atoms with van der Waals surface area (Å²) in [5.41, 5.74) is -0.218. The van der Waals surface area contributed by atoms with Crippen molar-refractivity contribution >= 4 is 5.97 Å². The van der Waals surface area contributed by atoms with Gasteiger partial charge < -0.3 is 14.0 Å². The molecule has 88 valence electrons. The predicted octanol–water partition coefficient (Wildman–Crippen LogP) is 0.428. The molecule has 0 unspecified atom stereocenters. The maximum absolute atomic E-state index is 11.3. The number of hydrogen-bond donors (Lipinski definition) is 0. The van der Waals surface area contributed by atoms with Crippen LogP contribution in [0.3, 0.4) is 0 Å². The first kappa shape index (κ1) is 12.4. The van der Waals surface area contributed by atoms with Gasteiger partial charge in [-0.1, -0.05) is 6.07 Å². The number of rotatable bonds is 6. The average molecular weight is 225 g/mol. The van der Waals surface area contributed by atoms with Gasteiger partial charge in [-0.3, -0.25) is 9.59 Å². The van der Waals surface area contributed by atoms with Crippen LogP contribution >= 0.6 is 0 Å². The molecular formula is C11H15NO4.